The van der Waals surface area contributed by atoms with Crippen LogP contribution in [0.1, 0.15) is 17.6 Å². The summed E-state index contributed by atoms with van der Waals surface area (Å²) in [6.45, 7) is 2.89. The molecule has 1 unspecified atom stereocenters. The van der Waals surface area contributed by atoms with Crippen LogP contribution in [0.25, 0.3) is 0 Å². The van der Waals surface area contributed by atoms with Gasteiger partial charge in [0.25, 0.3) is 0 Å². The third-order valence-corrected chi connectivity index (χ3v) is 4.24. The highest BCUT2D eigenvalue weighted by Crippen LogP contribution is 2.29. The van der Waals surface area contributed by atoms with E-state index in [0.29, 0.717) is 30.5 Å². The van der Waals surface area contributed by atoms with Crippen LogP contribution < -0.4 is 15.4 Å². The van der Waals surface area contributed by atoms with E-state index in [4.69, 9.17) is 4.74 Å². The van der Waals surface area contributed by atoms with E-state index in [2.05, 4.69) is 20.6 Å². The molecule has 1 aromatic carbocycles. The van der Waals surface area contributed by atoms with E-state index in [1.54, 1.807) is 7.05 Å². The van der Waals surface area contributed by atoms with Gasteiger partial charge in [0.1, 0.15) is 11.9 Å². The van der Waals surface area contributed by atoms with Crippen molar-refractivity contribution in [2.45, 2.75) is 25.6 Å². The Balaban J connectivity index is 1.71. The van der Waals surface area contributed by atoms with Gasteiger partial charge >= 0.3 is 6.18 Å². The Bertz CT molecular complexity index is 704. The maximum Gasteiger partial charge on any atom is 0.434 e. The molecule has 9 heteroatoms. The standard InChI is InChI=1S/C17H21F3N4OS/c1-12(25-13-6-4-3-5-7-13)10-23-16(21-2)22-9-8-15-24-14(11-26-15)17(18,19)20/h3-7,11-12H,8-10H2,1-2H3,(H2,21,22,23). The molecule has 0 aliphatic carbocycles. The average molecular weight is 386 g/mol. The summed E-state index contributed by atoms with van der Waals surface area (Å²) in [6, 6.07) is 9.48. The maximum atomic E-state index is 12.5. The molecule has 142 valence electrons. The first-order chi connectivity index (χ1) is 12.4. The minimum atomic E-state index is -4.39. The fraction of sp³-hybridized carbons (Fsp3) is 0.412. The Labute approximate surface area is 154 Å². The van der Waals surface area contributed by atoms with Gasteiger partial charge in [-0.25, -0.2) is 4.98 Å². The van der Waals surface area contributed by atoms with Gasteiger partial charge in [0, 0.05) is 25.4 Å². The van der Waals surface area contributed by atoms with E-state index in [9.17, 15) is 13.2 Å². The Hall–Kier alpha value is -2.29. The van der Waals surface area contributed by atoms with Crippen molar-refractivity contribution in [2.24, 2.45) is 4.99 Å². The number of hydrogen-bond acceptors (Lipinski definition) is 4. The number of nitrogens with one attached hydrogen (secondary N) is 2. The van der Waals surface area contributed by atoms with E-state index in [1.807, 2.05) is 37.3 Å². The van der Waals surface area contributed by atoms with Crippen LogP contribution in [0.5, 0.6) is 5.75 Å². The SMILES string of the molecule is CN=C(NCCc1nc(C(F)(F)F)cs1)NCC(C)Oc1ccccc1. The molecule has 0 fully saturated rings. The number of hydrogen-bond donors (Lipinski definition) is 2. The maximum absolute atomic E-state index is 12.5. The number of benzene rings is 1. The average Bonchev–Trinajstić information content (AvgIpc) is 3.08. The fourth-order valence-electron chi connectivity index (χ4n) is 2.08. The highest BCUT2D eigenvalue weighted by molar-refractivity contribution is 7.09. The molecule has 0 saturated heterocycles. The fourth-order valence-corrected chi connectivity index (χ4v) is 2.88. The van der Waals surface area contributed by atoms with Gasteiger partial charge in [0.15, 0.2) is 11.7 Å². The van der Waals surface area contributed by atoms with Crippen molar-refractivity contribution in [2.75, 3.05) is 20.1 Å². The number of ether oxygens (including phenoxy) is 1. The number of thiazole rings is 1. The molecule has 1 heterocycles. The minimum Gasteiger partial charge on any atom is -0.489 e. The van der Waals surface area contributed by atoms with Crippen molar-refractivity contribution in [1.82, 2.24) is 15.6 Å². The van der Waals surface area contributed by atoms with Crippen LogP contribution in [0.2, 0.25) is 0 Å². The molecule has 0 amide bonds. The molecular weight excluding hydrogens is 365 g/mol. The molecule has 2 rings (SSSR count). The zero-order valence-corrected chi connectivity index (χ0v) is 15.3. The van der Waals surface area contributed by atoms with Gasteiger partial charge in [0.2, 0.25) is 0 Å². The zero-order chi connectivity index (χ0) is 19.0. The van der Waals surface area contributed by atoms with E-state index >= 15 is 0 Å². The number of guanidine groups is 1. The van der Waals surface area contributed by atoms with Crippen LogP contribution in [0, 0.1) is 0 Å². The van der Waals surface area contributed by atoms with Crippen molar-refractivity contribution < 1.29 is 17.9 Å². The van der Waals surface area contributed by atoms with E-state index in [-0.39, 0.29) is 6.10 Å². The second kappa shape index (κ2) is 9.42. The number of nitrogens with zero attached hydrogens (tertiary/aromatic N) is 2. The van der Waals surface area contributed by atoms with Crippen molar-refractivity contribution in [3.8, 4) is 5.75 Å². The highest BCUT2D eigenvalue weighted by atomic mass is 32.1. The quantitative estimate of drug-likeness (QED) is 0.566. The van der Waals surface area contributed by atoms with Crippen molar-refractivity contribution in [3.63, 3.8) is 0 Å². The topological polar surface area (TPSA) is 58.5 Å². The van der Waals surface area contributed by atoms with Gasteiger partial charge in [-0.15, -0.1) is 11.3 Å². The van der Waals surface area contributed by atoms with Gasteiger partial charge in [-0.2, -0.15) is 13.2 Å². The number of alkyl halides is 3. The molecule has 1 aromatic heterocycles. The summed E-state index contributed by atoms with van der Waals surface area (Å²) < 4.78 is 43.3. The van der Waals surface area contributed by atoms with Crippen LogP contribution >= 0.6 is 11.3 Å². The highest BCUT2D eigenvalue weighted by Gasteiger charge is 2.33. The number of aliphatic imine (C=N–C) groups is 1. The first-order valence-corrected chi connectivity index (χ1v) is 8.94. The van der Waals surface area contributed by atoms with E-state index in [1.165, 1.54) is 0 Å². The Morgan fingerprint density at radius 1 is 1.27 bits per heavy atom. The lowest BCUT2D eigenvalue weighted by Gasteiger charge is -2.17. The molecule has 2 N–H and O–H groups in total. The number of rotatable bonds is 7. The van der Waals surface area contributed by atoms with Crippen molar-refractivity contribution in [1.29, 1.82) is 0 Å². The lowest BCUT2D eigenvalue weighted by Crippen LogP contribution is -2.42. The normalized spacial score (nSPS) is 13.3. The van der Waals surface area contributed by atoms with E-state index in [0.717, 1.165) is 22.5 Å². The predicted molar refractivity (Wildman–Crippen MR) is 96.7 cm³/mol. The molecule has 0 saturated carbocycles. The largest absolute Gasteiger partial charge is 0.489 e. The third kappa shape index (κ3) is 6.55. The second-order valence-electron chi connectivity index (χ2n) is 5.50. The van der Waals surface area contributed by atoms with Crippen LogP contribution in [0.15, 0.2) is 40.7 Å². The number of para-hydroxylation sites is 1. The number of aromatic nitrogens is 1. The summed E-state index contributed by atoms with van der Waals surface area (Å²) in [5.74, 6) is 1.34. The predicted octanol–water partition coefficient (Wildman–Crippen LogP) is 3.34. The van der Waals surface area contributed by atoms with Crippen molar-refractivity contribution >= 4 is 17.3 Å². The van der Waals surface area contributed by atoms with Gasteiger partial charge in [-0.05, 0) is 19.1 Å². The molecule has 0 radical (unpaired) electrons. The zero-order valence-electron chi connectivity index (χ0n) is 14.5. The lowest BCUT2D eigenvalue weighted by molar-refractivity contribution is -0.140. The van der Waals surface area contributed by atoms with Crippen LogP contribution in [0.4, 0.5) is 13.2 Å². The first-order valence-electron chi connectivity index (χ1n) is 8.06. The summed E-state index contributed by atoms with van der Waals surface area (Å²) in [5, 5.41) is 7.64. The molecule has 1 atom stereocenters. The molecule has 0 spiro atoms. The molecule has 5 nitrogen and oxygen atoms in total. The first kappa shape index (κ1) is 20.0. The Kier molecular flexibility index (Phi) is 7.26. The molecule has 0 aliphatic heterocycles. The summed E-state index contributed by atoms with van der Waals surface area (Å²) in [7, 11) is 1.63. The van der Waals surface area contributed by atoms with Gasteiger partial charge < -0.3 is 15.4 Å². The molecule has 2 aromatic rings. The molecule has 26 heavy (non-hydrogen) atoms. The Morgan fingerprint density at radius 2 is 2.00 bits per heavy atom. The summed E-state index contributed by atoms with van der Waals surface area (Å²) in [5.41, 5.74) is -0.841. The smallest absolute Gasteiger partial charge is 0.434 e. The van der Waals surface area contributed by atoms with Crippen molar-refractivity contribution in [3.05, 3.63) is 46.4 Å². The molecular formula is C17H21F3N4OS. The summed E-state index contributed by atoms with van der Waals surface area (Å²) >= 11 is 1.00. The molecule has 0 aliphatic rings. The summed E-state index contributed by atoms with van der Waals surface area (Å²) in [6.07, 6.45) is -4.09. The van der Waals surface area contributed by atoms with Crippen LogP contribution in [-0.2, 0) is 12.6 Å². The lowest BCUT2D eigenvalue weighted by atomic mass is 10.3. The number of halogens is 3. The monoisotopic (exact) mass is 386 g/mol. The third-order valence-electron chi connectivity index (χ3n) is 3.33. The van der Waals surface area contributed by atoms with E-state index < -0.39 is 11.9 Å². The van der Waals surface area contributed by atoms with Gasteiger partial charge in [-0.3, -0.25) is 4.99 Å². The minimum absolute atomic E-state index is 0.0794. The molecule has 0 bridgehead atoms. The van der Waals surface area contributed by atoms with Gasteiger partial charge in [0.05, 0.1) is 11.6 Å². The summed E-state index contributed by atoms with van der Waals surface area (Å²) in [4.78, 5) is 7.68. The van der Waals surface area contributed by atoms with Gasteiger partial charge in [-0.1, -0.05) is 18.2 Å². The Morgan fingerprint density at radius 3 is 2.62 bits per heavy atom. The van der Waals surface area contributed by atoms with Crippen LogP contribution in [0.3, 0.4) is 0 Å². The van der Waals surface area contributed by atoms with Crippen LogP contribution in [-0.4, -0.2) is 37.2 Å². The second-order valence-corrected chi connectivity index (χ2v) is 6.44.